The molecule has 0 N–H and O–H groups in total. The number of nitrogens with zero attached hydrogens (tertiary/aromatic N) is 4. The van der Waals surface area contributed by atoms with Gasteiger partial charge in [0.15, 0.2) is 0 Å². The van der Waals surface area contributed by atoms with E-state index in [1.165, 1.54) is 18.5 Å². The van der Waals surface area contributed by atoms with Crippen LogP contribution in [0, 0.1) is 0 Å². The number of hydrogen-bond acceptors (Lipinski definition) is 5. The second kappa shape index (κ2) is 5.41. The fourth-order valence-corrected chi connectivity index (χ4v) is 2.72. The summed E-state index contributed by atoms with van der Waals surface area (Å²) in [7, 11) is 0. The smallest absolute Gasteiger partial charge is 0.225 e. The quantitative estimate of drug-likeness (QED) is 0.864. The third-order valence-electron chi connectivity index (χ3n) is 4.05. The molecule has 1 aliphatic carbocycles. The Morgan fingerprint density at radius 1 is 1.10 bits per heavy atom. The summed E-state index contributed by atoms with van der Waals surface area (Å²) in [4.78, 5) is 15.8. The lowest BCUT2D eigenvalue weighted by Gasteiger charge is -2.27. The van der Waals surface area contributed by atoms with Crippen molar-refractivity contribution in [1.29, 1.82) is 0 Å². The maximum atomic E-state index is 5.40. The average molecular weight is 282 g/mol. The van der Waals surface area contributed by atoms with Gasteiger partial charge in [-0.25, -0.2) is 9.97 Å². The van der Waals surface area contributed by atoms with Crippen LogP contribution in [0.5, 0.6) is 0 Å². The molecule has 4 rings (SSSR count). The zero-order valence-corrected chi connectivity index (χ0v) is 11.9. The number of morpholine rings is 1. The predicted molar refractivity (Wildman–Crippen MR) is 80.3 cm³/mol. The minimum Gasteiger partial charge on any atom is -0.378 e. The van der Waals surface area contributed by atoms with E-state index in [-0.39, 0.29) is 0 Å². The molecule has 2 fully saturated rings. The lowest BCUT2D eigenvalue weighted by Crippen LogP contribution is -2.37. The summed E-state index contributed by atoms with van der Waals surface area (Å²) in [5.74, 6) is 1.44. The van der Waals surface area contributed by atoms with E-state index in [2.05, 4.69) is 14.9 Å². The van der Waals surface area contributed by atoms with Gasteiger partial charge in [0.25, 0.3) is 0 Å². The van der Waals surface area contributed by atoms with Crippen molar-refractivity contribution >= 4 is 5.95 Å². The Balaban J connectivity index is 1.71. The van der Waals surface area contributed by atoms with Gasteiger partial charge in [0.1, 0.15) is 0 Å². The largest absolute Gasteiger partial charge is 0.378 e. The molecule has 5 nitrogen and oxygen atoms in total. The van der Waals surface area contributed by atoms with Crippen LogP contribution >= 0.6 is 0 Å². The fraction of sp³-hybridized carbons (Fsp3) is 0.438. The van der Waals surface area contributed by atoms with Crippen LogP contribution in [0.15, 0.2) is 30.7 Å². The molecule has 0 unspecified atom stereocenters. The van der Waals surface area contributed by atoms with Gasteiger partial charge in [0.2, 0.25) is 5.95 Å². The second-order valence-corrected chi connectivity index (χ2v) is 5.58. The second-order valence-electron chi connectivity index (χ2n) is 5.58. The maximum Gasteiger partial charge on any atom is 0.225 e. The van der Waals surface area contributed by atoms with Crippen molar-refractivity contribution in [2.24, 2.45) is 0 Å². The minimum atomic E-state index is 0.593. The molecule has 2 aromatic rings. The van der Waals surface area contributed by atoms with Crippen LogP contribution in [0.1, 0.15) is 24.5 Å². The summed E-state index contributed by atoms with van der Waals surface area (Å²) in [6.45, 7) is 3.26. The number of hydrogen-bond donors (Lipinski definition) is 0. The molecular formula is C16H18N4O. The highest BCUT2D eigenvalue weighted by Gasteiger charge is 2.29. The topological polar surface area (TPSA) is 51.1 Å². The first-order chi connectivity index (χ1) is 10.4. The number of rotatable bonds is 3. The third kappa shape index (κ3) is 2.61. The molecule has 108 valence electrons. The Bertz CT molecular complexity index is 621. The van der Waals surface area contributed by atoms with Gasteiger partial charge in [0.05, 0.1) is 18.9 Å². The van der Waals surface area contributed by atoms with Crippen LogP contribution in [0.3, 0.4) is 0 Å². The third-order valence-corrected chi connectivity index (χ3v) is 4.05. The van der Waals surface area contributed by atoms with Gasteiger partial charge in [-0.2, -0.15) is 0 Å². The van der Waals surface area contributed by atoms with E-state index in [1.54, 1.807) is 0 Å². The van der Waals surface area contributed by atoms with Crippen LogP contribution in [-0.2, 0) is 4.74 Å². The van der Waals surface area contributed by atoms with Crippen LogP contribution in [0.2, 0.25) is 0 Å². The highest BCUT2D eigenvalue weighted by atomic mass is 16.5. The molecule has 3 heterocycles. The van der Waals surface area contributed by atoms with E-state index in [4.69, 9.17) is 9.72 Å². The molecule has 21 heavy (non-hydrogen) atoms. The molecule has 0 spiro atoms. The van der Waals surface area contributed by atoms with Crippen LogP contribution in [-0.4, -0.2) is 41.3 Å². The SMILES string of the molecule is c1cc(-c2cnc(N3CCOCC3)nc2C2CC2)ccn1. The van der Waals surface area contributed by atoms with E-state index in [0.717, 1.165) is 43.4 Å². The van der Waals surface area contributed by atoms with Crippen molar-refractivity contribution in [3.8, 4) is 11.1 Å². The summed E-state index contributed by atoms with van der Waals surface area (Å²) in [6, 6.07) is 4.05. The summed E-state index contributed by atoms with van der Waals surface area (Å²) in [5.41, 5.74) is 3.50. The van der Waals surface area contributed by atoms with Crippen LogP contribution < -0.4 is 4.90 Å². The van der Waals surface area contributed by atoms with Gasteiger partial charge in [-0.05, 0) is 30.5 Å². The molecule has 1 saturated heterocycles. The van der Waals surface area contributed by atoms with Gasteiger partial charge in [0, 0.05) is 43.2 Å². The Morgan fingerprint density at radius 3 is 2.57 bits per heavy atom. The molecule has 0 bridgehead atoms. The van der Waals surface area contributed by atoms with Crippen LogP contribution in [0.4, 0.5) is 5.95 Å². The standard InChI is InChI=1S/C16H18N4O/c1-2-13(1)15-14(12-3-5-17-6-4-12)11-18-16(19-15)20-7-9-21-10-8-20/h3-6,11,13H,1-2,7-10H2. The molecule has 0 amide bonds. The monoisotopic (exact) mass is 282 g/mol. The van der Waals surface area contributed by atoms with Gasteiger partial charge >= 0.3 is 0 Å². The lowest BCUT2D eigenvalue weighted by atomic mass is 10.0. The van der Waals surface area contributed by atoms with Gasteiger partial charge in [-0.15, -0.1) is 0 Å². The zero-order valence-electron chi connectivity index (χ0n) is 11.9. The Morgan fingerprint density at radius 2 is 1.86 bits per heavy atom. The summed E-state index contributed by atoms with van der Waals surface area (Å²) >= 11 is 0. The molecule has 1 aliphatic heterocycles. The van der Waals surface area contributed by atoms with Gasteiger partial charge in [-0.1, -0.05) is 0 Å². The summed E-state index contributed by atoms with van der Waals surface area (Å²) in [5, 5.41) is 0. The van der Waals surface area contributed by atoms with E-state index in [1.807, 2.05) is 30.7 Å². The average Bonchev–Trinajstić information content (AvgIpc) is 3.41. The molecule has 1 saturated carbocycles. The van der Waals surface area contributed by atoms with Crippen molar-refractivity contribution < 1.29 is 4.74 Å². The predicted octanol–water partition coefficient (Wildman–Crippen LogP) is 2.25. The van der Waals surface area contributed by atoms with Crippen molar-refractivity contribution in [3.63, 3.8) is 0 Å². The number of aromatic nitrogens is 3. The van der Waals surface area contributed by atoms with Crippen molar-refractivity contribution in [1.82, 2.24) is 15.0 Å². The summed E-state index contributed by atoms with van der Waals surface area (Å²) in [6.07, 6.45) is 8.08. The molecule has 5 heteroatoms. The first kappa shape index (κ1) is 12.7. The normalized spacial score (nSPS) is 18.8. The maximum absolute atomic E-state index is 5.40. The number of ether oxygens (including phenoxy) is 1. The Kier molecular flexibility index (Phi) is 3.27. The zero-order chi connectivity index (χ0) is 14.1. The van der Waals surface area contributed by atoms with Crippen molar-refractivity contribution in [3.05, 3.63) is 36.4 Å². The number of anilines is 1. The fourth-order valence-electron chi connectivity index (χ4n) is 2.72. The molecule has 2 aliphatic rings. The number of pyridine rings is 1. The highest BCUT2D eigenvalue weighted by Crippen LogP contribution is 2.43. The first-order valence-corrected chi connectivity index (χ1v) is 7.52. The van der Waals surface area contributed by atoms with Crippen molar-refractivity contribution in [2.75, 3.05) is 31.2 Å². The highest BCUT2D eigenvalue weighted by molar-refractivity contribution is 5.66. The molecule has 0 aromatic carbocycles. The Hall–Kier alpha value is -2.01. The van der Waals surface area contributed by atoms with Gasteiger partial charge < -0.3 is 9.64 Å². The molecule has 0 radical (unpaired) electrons. The lowest BCUT2D eigenvalue weighted by molar-refractivity contribution is 0.122. The van der Waals surface area contributed by atoms with Crippen molar-refractivity contribution in [2.45, 2.75) is 18.8 Å². The van der Waals surface area contributed by atoms with E-state index < -0.39 is 0 Å². The Labute approximate surface area is 124 Å². The van der Waals surface area contributed by atoms with Crippen LogP contribution in [0.25, 0.3) is 11.1 Å². The molecule has 0 atom stereocenters. The summed E-state index contributed by atoms with van der Waals surface area (Å²) < 4.78 is 5.40. The van der Waals surface area contributed by atoms with E-state index in [9.17, 15) is 0 Å². The minimum absolute atomic E-state index is 0.593. The first-order valence-electron chi connectivity index (χ1n) is 7.52. The van der Waals surface area contributed by atoms with E-state index >= 15 is 0 Å². The van der Waals surface area contributed by atoms with E-state index in [0.29, 0.717) is 5.92 Å². The van der Waals surface area contributed by atoms with Gasteiger partial charge in [-0.3, -0.25) is 4.98 Å². The molecular weight excluding hydrogens is 264 g/mol. The molecule has 2 aromatic heterocycles.